The highest BCUT2D eigenvalue weighted by Crippen LogP contribution is 2.36. The number of hydrogen-bond donors (Lipinski definition) is 4. The lowest BCUT2D eigenvalue weighted by Crippen LogP contribution is -2.50. The van der Waals surface area contributed by atoms with Crippen LogP contribution in [0.4, 0.5) is 0 Å². The Labute approximate surface area is 221 Å². The third-order valence-electron chi connectivity index (χ3n) is 6.19. The van der Waals surface area contributed by atoms with Crippen molar-refractivity contribution in [3.8, 4) is 0 Å². The molecule has 0 aliphatic heterocycles. The lowest BCUT2D eigenvalue weighted by molar-refractivity contribution is -0.142. The van der Waals surface area contributed by atoms with E-state index in [0.717, 1.165) is 16.7 Å². The number of carbonyl (C=O) groups is 3. The molecule has 7 nitrogen and oxygen atoms in total. The first-order valence-corrected chi connectivity index (χ1v) is 13.5. The van der Waals surface area contributed by atoms with Crippen LogP contribution in [0.15, 0.2) is 91.0 Å². The van der Waals surface area contributed by atoms with Crippen molar-refractivity contribution in [1.82, 2.24) is 10.6 Å². The van der Waals surface area contributed by atoms with E-state index in [0.29, 0.717) is 12.2 Å². The lowest BCUT2D eigenvalue weighted by atomic mass is 9.77. The summed E-state index contributed by atoms with van der Waals surface area (Å²) >= 11 is 1.56. The van der Waals surface area contributed by atoms with Crippen LogP contribution in [0.5, 0.6) is 0 Å². The minimum absolute atomic E-state index is 0.0728. The molecule has 0 saturated heterocycles. The highest BCUT2D eigenvalue weighted by Gasteiger charge is 2.38. The maximum atomic E-state index is 13.4. The smallest absolute Gasteiger partial charge is 0.326 e. The van der Waals surface area contributed by atoms with Gasteiger partial charge in [-0.2, -0.15) is 11.8 Å². The summed E-state index contributed by atoms with van der Waals surface area (Å²) in [6, 6.07) is 26.9. The Balaban J connectivity index is 1.86. The first-order chi connectivity index (χ1) is 17.9. The molecule has 2 atom stereocenters. The van der Waals surface area contributed by atoms with Gasteiger partial charge in [0.25, 0.3) is 0 Å². The number of carboxylic acids is 1. The van der Waals surface area contributed by atoms with Gasteiger partial charge in [0.05, 0.1) is 6.04 Å². The van der Waals surface area contributed by atoms with E-state index in [-0.39, 0.29) is 18.7 Å². The first kappa shape index (κ1) is 28.0. The molecule has 0 heterocycles. The van der Waals surface area contributed by atoms with Gasteiger partial charge in [-0.15, -0.1) is 0 Å². The number of hydrogen-bond acceptors (Lipinski definition) is 5. The van der Waals surface area contributed by atoms with Crippen LogP contribution in [0.25, 0.3) is 0 Å². The molecule has 0 aliphatic carbocycles. The van der Waals surface area contributed by atoms with Gasteiger partial charge in [0.1, 0.15) is 11.6 Å². The number of benzene rings is 3. The Hall–Kier alpha value is -3.62. The fraction of sp³-hybridized carbons (Fsp3) is 0.276. The van der Waals surface area contributed by atoms with Crippen LogP contribution < -0.4 is 16.4 Å². The Kier molecular flexibility index (Phi) is 10.3. The third kappa shape index (κ3) is 7.21. The molecule has 0 saturated carbocycles. The number of amides is 2. The van der Waals surface area contributed by atoms with E-state index in [9.17, 15) is 19.5 Å². The van der Waals surface area contributed by atoms with Crippen LogP contribution in [-0.2, 0) is 19.9 Å². The van der Waals surface area contributed by atoms with Crippen LogP contribution in [0.1, 0.15) is 36.0 Å². The minimum Gasteiger partial charge on any atom is -0.480 e. The topological polar surface area (TPSA) is 122 Å². The van der Waals surface area contributed by atoms with E-state index in [1.165, 1.54) is 0 Å². The molecule has 0 bridgehead atoms. The molecule has 0 spiro atoms. The summed E-state index contributed by atoms with van der Waals surface area (Å²) in [6.45, 7) is 0. The van der Waals surface area contributed by atoms with E-state index in [2.05, 4.69) is 10.6 Å². The molecule has 0 fully saturated rings. The second-order valence-electron chi connectivity index (χ2n) is 8.72. The van der Waals surface area contributed by atoms with E-state index >= 15 is 0 Å². The number of nitrogens with two attached hydrogens (primary N) is 1. The quantitative estimate of drug-likeness (QED) is 0.256. The Morgan fingerprint density at radius 2 is 1.30 bits per heavy atom. The molecule has 2 amide bonds. The summed E-state index contributed by atoms with van der Waals surface area (Å²) in [6.07, 6.45) is 2.17. The Morgan fingerprint density at radius 1 is 0.838 bits per heavy atom. The van der Waals surface area contributed by atoms with Crippen LogP contribution in [0.3, 0.4) is 0 Å². The second kappa shape index (κ2) is 13.6. The largest absolute Gasteiger partial charge is 0.480 e. The zero-order chi connectivity index (χ0) is 26.7. The number of carboxylic acid groups (broad SMARTS) is 1. The fourth-order valence-corrected chi connectivity index (χ4v) is 4.73. The van der Waals surface area contributed by atoms with Gasteiger partial charge >= 0.3 is 5.97 Å². The molecular formula is C29H33N3O4S. The van der Waals surface area contributed by atoms with Crippen LogP contribution >= 0.6 is 11.8 Å². The van der Waals surface area contributed by atoms with Gasteiger partial charge in [0, 0.05) is 6.42 Å². The minimum atomic E-state index is -1.22. The van der Waals surface area contributed by atoms with Crippen molar-refractivity contribution in [2.24, 2.45) is 5.73 Å². The number of carbonyl (C=O) groups excluding carboxylic acids is 2. The molecule has 3 rings (SSSR count). The van der Waals surface area contributed by atoms with Crippen molar-refractivity contribution >= 4 is 29.5 Å². The molecule has 0 aromatic heterocycles. The number of nitrogens with one attached hydrogen (secondary N) is 2. The molecule has 0 unspecified atom stereocenters. The zero-order valence-electron chi connectivity index (χ0n) is 20.8. The highest BCUT2D eigenvalue weighted by molar-refractivity contribution is 7.98. The SMILES string of the molecule is CSCC[C@H](N)C(=O)N[C@@H](CCC(=O)NC(c1ccccc1)(c1ccccc1)c1ccccc1)C(=O)O. The maximum absolute atomic E-state index is 13.4. The molecular weight excluding hydrogens is 486 g/mol. The van der Waals surface area contributed by atoms with Gasteiger partial charge in [-0.1, -0.05) is 91.0 Å². The van der Waals surface area contributed by atoms with Gasteiger partial charge in [-0.05, 0) is 41.5 Å². The fourth-order valence-electron chi connectivity index (χ4n) is 4.24. The summed E-state index contributed by atoms with van der Waals surface area (Å²) in [7, 11) is 0. The average molecular weight is 520 g/mol. The monoisotopic (exact) mass is 519 g/mol. The molecule has 5 N–H and O–H groups in total. The standard InChI is InChI=1S/C29H33N3O4S/c1-37-20-19-24(30)27(34)31-25(28(35)36)17-18-26(33)32-29(21-11-5-2-6-12-21,22-13-7-3-8-14-22)23-15-9-4-10-16-23/h2-16,24-25H,17-20,30H2,1H3,(H,31,34)(H,32,33)(H,35,36)/t24-,25-/m0/s1. The van der Waals surface area contributed by atoms with Crippen molar-refractivity contribution in [2.75, 3.05) is 12.0 Å². The molecule has 0 radical (unpaired) electrons. The highest BCUT2D eigenvalue weighted by atomic mass is 32.2. The van der Waals surface area contributed by atoms with Crippen LogP contribution in [0.2, 0.25) is 0 Å². The number of aliphatic carboxylic acids is 1. The van der Waals surface area contributed by atoms with Crippen molar-refractivity contribution < 1.29 is 19.5 Å². The summed E-state index contributed by atoms with van der Waals surface area (Å²) < 4.78 is 0. The van der Waals surface area contributed by atoms with Crippen molar-refractivity contribution in [3.05, 3.63) is 108 Å². The molecule has 3 aromatic carbocycles. The van der Waals surface area contributed by atoms with Gasteiger partial charge in [0.2, 0.25) is 11.8 Å². The Morgan fingerprint density at radius 3 is 1.70 bits per heavy atom. The predicted octanol–water partition coefficient (Wildman–Crippen LogP) is 3.52. The van der Waals surface area contributed by atoms with Gasteiger partial charge < -0.3 is 21.5 Å². The summed E-state index contributed by atoms with van der Waals surface area (Å²) in [5.74, 6) is -1.40. The molecule has 194 valence electrons. The average Bonchev–Trinajstić information content (AvgIpc) is 2.93. The first-order valence-electron chi connectivity index (χ1n) is 12.1. The third-order valence-corrected chi connectivity index (χ3v) is 6.84. The van der Waals surface area contributed by atoms with Gasteiger partial charge in [0.15, 0.2) is 0 Å². The number of rotatable bonds is 13. The molecule has 0 aliphatic rings. The summed E-state index contributed by atoms with van der Waals surface area (Å²) in [5, 5.41) is 15.4. The van der Waals surface area contributed by atoms with Crippen LogP contribution in [0, 0.1) is 0 Å². The van der Waals surface area contributed by atoms with Crippen molar-refractivity contribution in [1.29, 1.82) is 0 Å². The lowest BCUT2D eigenvalue weighted by Gasteiger charge is -2.37. The number of thioether (sulfide) groups is 1. The molecule has 3 aromatic rings. The molecule has 37 heavy (non-hydrogen) atoms. The van der Waals surface area contributed by atoms with Crippen LogP contribution in [-0.4, -0.2) is 47.0 Å². The van der Waals surface area contributed by atoms with E-state index < -0.39 is 29.5 Å². The van der Waals surface area contributed by atoms with Gasteiger partial charge in [-0.3, -0.25) is 9.59 Å². The Bertz CT molecular complexity index is 1060. The normalized spacial score (nSPS) is 12.8. The molecule has 8 heteroatoms. The summed E-state index contributed by atoms with van der Waals surface area (Å²) in [4.78, 5) is 37.6. The van der Waals surface area contributed by atoms with Gasteiger partial charge in [-0.25, -0.2) is 4.79 Å². The van der Waals surface area contributed by atoms with Crippen molar-refractivity contribution in [2.45, 2.75) is 36.9 Å². The van der Waals surface area contributed by atoms with E-state index in [4.69, 9.17) is 5.73 Å². The van der Waals surface area contributed by atoms with E-state index in [1.807, 2.05) is 97.3 Å². The second-order valence-corrected chi connectivity index (χ2v) is 9.71. The van der Waals surface area contributed by atoms with E-state index in [1.54, 1.807) is 11.8 Å². The van der Waals surface area contributed by atoms with Crippen molar-refractivity contribution in [3.63, 3.8) is 0 Å². The summed E-state index contributed by atoms with van der Waals surface area (Å²) in [5.41, 5.74) is 7.48. The predicted molar refractivity (Wildman–Crippen MR) is 147 cm³/mol. The maximum Gasteiger partial charge on any atom is 0.326 e. The zero-order valence-corrected chi connectivity index (χ0v) is 21.6.